The van der Waals surface area contributed by atoms with Crippen LogP contribution in [0.15, 0.2) is 66.7 Å². The van der Waals surface area contributed by atoms with E-state index in [0.29, 0.717) is 40.5 Å². The first kappa shape index (κ1) is 25.6. The summed E-state index contributed by atoms with van der Waals surface area (Å²) in [4.78, 5) is 21.0. The summed E-state index contributed by atoms with van der Waals surface area (Å²) in [6.45, 7) is 2.42. The summed E-state index contributed by atoms with van der Waals surface area (Å²) in [5.41, 5.74) is 11.2. The van der Waals surface area contributed by atoms with Gasteiger partial charge < -0.3 is 21.4 Å². The molecule has 0 unspecified atom stereocenters. The van der Waals surface area contributed by atoms with Crippen LogP contribution in [0.5, 0.6) is 0 Å². The number of urea groups is 1. The number of carbonyl (C=O) groups excluding carboxylic acids is 1. The molecule has 2 heterocycles. The zero-order chi connectivity index (χ0) is 26.6. The number of rotatable bonds is 8. The first-order valence-corrected chi connectivity index (χ1v) is 13.0. The molecule has 0 bridgehead atoms. The molecule has 6 N–H and O–H groups in total. The zero-order valence-electron chi connectivity index (χ0n) is 20.7. The molecule has 0 aliphatic heterocycles. The van der Waals surface area contributed by atoms with Crippen molar-refractivity contribution in [1.29, 1.82) is 0 Å². The Morgan fingerprint density at radius 3 is 2.66 bits per heavy atom. The van der Waals surface area contributed by atoms with Gasteiger partial charge in [0, 0.05) is 22.5 Å². The molecular formula is C28H27Cl2N7O. The summed E-state index contributed by atoms with van der Waals surface area (Å²) in [6, 6.07) is 20.5. The van der Waals surface area contributed by atoms with Crippen LogP contribution < -0.4 is 16.4 Å². The molecule has 5 aromatic rings. The van der Waals surface area contributed by atoms with Crippen molar-refractivity contribution in [2.45, 2.75) is 32.4 Å². The molecule has 0 fully saturated rings. The number of aromatic nitrogens is 4. The Morgan fingerprint density at radius 2 is 1.87 bits per heavy atom. The summed E-state index contributed by atoms with van der Waals surface area (Å²) < 4.78 is 0. The first-order valence-electron chi connectivity index (χ1n) is 12.3. The lowest BCUT2D eigenvalue weighted by molar-refractivity contribution is 0.236. The fourth-order valence-electron chi connectivity index (χ4n) is 4.47. The molecule has 2 amide bonds. The summed E-state index contributed by atoms with van der Waals surface area (Å²) in [7, 11) is 0. The van der Waals surface area contributed by atoms with Crippen molar-refractivity contribution in [1.82, 2.24) is 30.8 Å². The van der Waals surface area contributed by atoms with Crippen molar-refractivity contribution >= 4 is 46.0 Å². The Morgan fingerprint density at radius 1 is 1.05 bits per heavy atom. The largest absolute Gasteiger partial charge is 0.382 e. The number of H-pyrrole nitrogens is 2. The molecule has 0 aliphatic carbocycles. The van der Waals surface area contributed by atoms with Crippen molar-refractivity contribution in [3.05, 3.63) is 99.4 Å². The summed E-state index contributed by atoms with van der Waals surface area (Å²) in [5, 5.41) is 14.8. The quantitative estimate of drug-likeness (QED) is 0.159. The van der Waals surface area contributed by atoms with Crippen LogP contribution in [-0.2, 0) is 19.4 Å². The maximum absolute atomic E-state index is 13.0. The number of nitrogens with one attached hydrogen (secondary N) is 4. The van der Waals surface area contributed by atoms with Crippen LogP contribution in [0.2, 0.25) is 10.2 Å². The normalized spacial score (nSPS) is 12.0. The highest BCUT2D eigenvalue weighted by Gasteiger charge is 2.22. The third kappa shape index (κ3) is 5.61. The Bertz CT molecular complexity index is 1580. The minimum atomic E-state index is -0.458. The van der Waals surface area contributed by atoms with Crippen LogP contribution in [0.25, 0.3) is 22.2 Å². The maximum Gasteiger partial charge on any atom is 0.315 e. The van der Waals surface area contributed by atoms with E-state index in [9.17, 15) is 4.79 Å². The van der Waals surface area contributed by atoms with Crippen LogP contribution >= 0.6 is 23.2 Å². The smallest absolute Gasteiger partial charge is 0.315 e. The molecule has 8 nitrogen and oxygen atoms in total. The van der Waals surface area contributed by atoms with E-state index in [1.165, 1.54) is 0 Å². The second kappa shape index (κ2) is 11.2. The number of halogens is 2. The topological polar surface area (TPSA) is 125 Å². The molecule has 0 aliphatic rings. The number of fused-ring (bicyclic) bond motifs is 1. The van der Waals surface area contributed by atoms with Gasteiger partial charge in [-0.1, -0.05) is 72.6 Å². The van der Waals surface area contributed by atoms with Crippen LogP contribution in [0.3, 0.4) is 0 Å². The Labute approximate surface area is 230 Å². The highest BCUT2D eigenvalue weighted by Crippen LogP contribution is 2.31. The van der Waals surface area contributed by atoms with Crippen LogP contribution in [0.1, 0.15) is 35.5 Å². The van der Waals surface area contributed by atoms with Crippen LogP contribution in [0, 0.1) is 0 Å². The molecule has 0 radical (unpaired) electrons. The number of carbonyl (C=O) groups is 1. The van der Waals surface area contributed by atoms with E-state index in [1.807, 2.05) is 66.7 Å². The van der Waals surface area contributed by atoms with Gasteiger partial charge in [-0.2, -0.15) is 5.10 Å². The fourth-order valence-corrected chi connectivity index (χ4v) is 4.91. The average molecular weight is 548 g/mol. The predicted octanol–water partition coefficient (Wildman–Crippen LogP) is 6.19. The number of nitrogen functional groups attached to an aromatic ring is 1. The fraction of sp³-hybridized carbons (Fsp3) is 0.179. The van der Waals surface area contributed by atoms with Gasteiger partial charge in [0.05, 0.1) is 11.6 Å². The third-order valence-corrected chi connectivity index (χ3v) is 6.96. The number of nitrogens with zero attached hydrogens (tertiary/aromatic N) is 2. The van der Waals surface area contributed by atoms with Gasteiger partial charge in [-0.15, -0.1) is 0 Å². The first-order chi connectivity index (χ1) is 18.4. The third-order valence-electron chi connectivity index (χ3n) is 6.45. The van der Waals surface area contributed by atoms with Gasteiger partial charge in [0.25, 0.3) is 0 Å². The number of anilines is 1. The van der Waals surface area contributed by atoms with E-state index in [0.717, 1.165) is 39.6 Å². The van der Waals surface area contributed by atoms with E-state index in [1.54, 1.807) is 0 Å². The SMILES string of the molecule is CCc1ccc(Cl)cc1CNC(=O)N[C@@H](Cc1ccccc1)c1nc(-c2ccc3c(N)n[nH]c3c2)c(Cl)[nH]1. The van der Waals surface area contributed by atoms with Gasteiger partial charge in [-0.25, -0.2) is 9.78 Å². The Hall–Kier alpha value is -4.01. The molecule has 0 saturated heterocycles. The summed E-state index contributed by atoms with van der Waals surface area (Å²) in [6.07, 6.45) is 1.36. The highest BCUT2D eigenvalue weighted by atomic mass is 35.5. The average Bonchev–Trinajstić information content (AvgIpc) is 3.49. The lowest BCUT2D eigenvalue weighted by Gasteiger charge is -2.18. The molecule has 0 spiro atoms. The number of amides is 2. The van der Waals surface area contributed by atoms with E-state index in [2.05, 4.69) is 32.7 Å². The van der Waals surface area contributed by atoms with Crippen molar-refractivity contribution in [3.8, 4) is 11.3 Å². The minimum absolute atomic E-state index is 0.323. The molecule has 5 rings (SSSR count). The molecule has 1 atom stereocenters. The van der Waals surface area contributed by atoms with Gasteiger partial charge >= 0.3 is 6.03 Å². The molecule has 10 heteroatoms. The number of imidazole rings is 1. The van der Waals surface area contributed by atoms with Crippen molar-refractivity contribution in [2.24, 2.45) is 0 Å². The van der Waals surface area contributed by atoms with Gasteiger partial charge in [-0.05, 0) is 53.8 Å². The molecule has 3 aromatic carbocycles. The molecule has 194 valence electrons. The number of aryl methyl sites for hydroxylation is 1. The molecule has 38 heavy (non-hydrogen) atoms. The van der Waals surface area contributed by atoms with E-state index >= 15 is 0 Å². The van der Waals surface area contributed by atoms with Crippen molar-refractivity contribution in [3.63, 3.8) is 0 Å². The van der Waals surface area contributed by atoms with E-state index in [-0.39, 0.29) is 6.03 Å². The van der Waals surface area contributed by atoms with Gasteiger partial charge in [0.15, 0.2) is 5.82 Å². The second-order valence-corrected chi connectivity index (χ2v) is 9.80. The van der Waals surface area contributed by atoms with Gasteiger partial charge in [0.2, 0.25) is 0 Å². The van der Waals surface area contributed by atoms with Crippen LogP contribution in [-0.4, -0.2) is 26.2 Å². The molecule has 2 aromatic heterocycles. The molecule has 0 saturated carbocycles. The minimum Gasteiger partial charge on any atom is -0.382 e. The summed E-state index contributed by atoms with van der Waals surface area (Å²) >= 11 is 12.8. The number of nitrogens with two attached hydrogens (primary N) is 1. The maximum atomic E-state index is 13.0. The lowest BCUT2D eigenvalue weighted by Crippen LogP contribution is -2.39. The van der Waals surface area contributed by atoms with Gasteiger partial charge in [0.1, 0.15) is 16.7 Å². The predicted molar refractivity (Wildman–Crippen MR) is 152 cm³/mol. The number of benzene rings is 3. The molecular weight excluding hydrogens is 521 g/mol. The van der Waals surface area contributed by atoms with Crippen LogP contribution in [0.4, 0.5) is 10.6 Å². The van der Waals surface area contributed by atoms with E-state index in [4.69, 9.17) is 33.9 Å². The van der Waals surface area contributed by atoms with Crippen molar-refractivity contribution < 1.29 is 4.79 Å². The monoisotopic (exact) mass is 547 g/mol. The number of hydrogen-bond acceptors (Lipinski definition) is 4. The Balaban J connectivity index is 1.39. The van der Waals surface area contributed by atoms with Gasteiger partial charge in [-0.3, -0.25) is 5.10 Å². The number of aromatic amines is 2. The second-order valence-electron chi connectivity index (χ2n) is 8.99. The summed E-state index contributed by atoms with van der Waals surface area (Å²) in [5.74, 6) is 0.979. The standard InChI is InChI=1S/C28H27Cl2N7O/c1-2-17-8-10-20(29)13-19(17)15-32-28(38)33-23(12-16-6-4-3-5-7-16)27-34-24(25(30)35-27)18-9-11-21-22(14-18)36-37-26(21)31/h3-11,13-14,23H,2,12,15H2,1H3,(H,34,35)(H3,31,36,37)(H2,32,33,38)/t23-/m0/s1. The highest BCUT2D eigenvalue weighted by molar-refractivity contribution is 6.32. The Kier molecular flexibility index (Phi) is 7.53. The van der Waals surface area contributed by atoms with E-state index < -0.39 is 6.04 Å². The zero-order valence-corrected chi connectivity index (χ0v) is 22.2. The number of hydrogen-bond donors (Lipinski definition) is 5. The van der Waals surface area contributed by atoms with Crippen molar-refractivity contribution in [2.75, 3.05) is 5.73 Å². The lowest BCUT2D eigenvalue weighted by atomic mass is 10.1.